The zero-order chi connectivity index (χ0) is 14.2. The Hall–Kier alpha value is -0.870. The molecule has 1 spiro atoms. The number of aromatic nitrogens is 2. The van der Waals surface area contributed by atoms with Crippen LogP contribution in [0.2, 0.25) is 0 Å². The van der Waals surface area contributed by atoms with E-state index >= 15 is 0 Å². The van der Waals surface area contributed by atoms with E-state index in [-0.39, 0.29) is 5.60 Å². The van der Waals surface area contributed by atoms with Crippen LogP contribution in [0.1, 0.15) is 56.5 Å². The summed E-state index contributed by atoms with van der Waals surface area (Å²) in [4.78, 5) is 0. The Morgan fingerprint density at radius 1 is 1.55 bits per heavy atom. The minimum atomic E-state index is 0.212. The Kier molecular flexibility index (Phi) is 3.87. The van der Waals surface area contributed by atoms with Gasteiger partial charge in [-0.3, -0.25) is 4.68 Å². The van der Waals surface area contributed by atoms with Crippen molar-refractivity contribution in [2.45, 2.75) is 64.1 Å². The molecule has 2 atom stereocenters. The molecule has 1 saturated carbocycles. The maximum Gasteiger partial charge on any atom is 0.0686 e. The van der Waals surface area contributed by atoms with Gasteiger partial charge >= 0.3 is 0 Å². The van der Waals surface area contributed by atoms with Crippen LogP contribution < -0.4 is 5.32 Å². The molecular weight excluding hydrogens is 250 g/mol. The normalized spacial score (nSPS) is 26.4. The van der Waals surface area contributed by atoms with Crippen molar-refractivity contribution in [3.8, 4) is 0 Å². The second-order valence-electron chi connectivity index (χ2n) is 6.43. The number of nitrogens with zero attached hydrogens (tertiary/aromatic N) is 2. The quantitative estimate of drug-likeness (QED) is 0.920. The van der Waals surface area contributed by atoms with Crippen molar-refractivity contribution in [2.75, 3.05) is 13.7 Å². The summed E-state index contributed by atoms with van der Waals surface area (Å²) < 4.78 is 8.23. The summed E-state index contributed by atoms with van der Waals surface area (Å²) in [6.07, 6.45) is 6.20. The van der Waals surface area contributed by atoms with Gasteiger partial charge in [-0.05, 0) is 65.0 Å². The summed E-state index contributed by atoms with van der Waals surface area (Å²) in [6.45, 7) is 6.11. The van der Waals surface area contributed by atoms with Gasteiger partial charge in [-0.25, -0.2) is 0 Å². The van der Waals surface area contributed by atoms with Gasteiger partial charge in [-0.1, -0.05) is 0 Å². The van der Waals surface area contributed by atoms with Crippen LogP contribution in [0.4, 0.5) is 0 Å². The van der Waals surface area contributed by atoms with E-state index in [1.54, 1.807) is 0 Å². The van der Waals surface area contributed by atoms with E-state index in [9.17, 15) is 0 Å². The molecule has 4 nitrogen and oxygen atoms in total. The Labute approximate surface area is 121 Å². The summed E-state index contributed by atoms with van der Waals surface area (Å²) in [5, 5.41) is 8.15. The molecule has 0 aromatic carbocycles. The van der Waals surface area contributed by atoms with Crippen molar-refractivity contribution >= 4 is 0 Å². The molecule has 20 heavy (non-hydrogen) atoms. The third kappa shape index (κ3) is 2.40. The summed E-state index contributed by atoms with van der Waals surface area (Å²) in [5.74, 6) is 0.662. The molecule has 1 aromatic rings. The molecular formula is C16H27N3O. The average molecular weight is 277 g/mol. The Bertz CT molecular complexity index is 464. The van der Waals surface area contributed by atoms with Crippen molar-refractivity contribution in [2.24, 2.45) is 5.92 Å². The second-order valence-corrected chi connectivity index (χ2v) is 6.43. The predicted octanol–water partition coefficient (Wildman–Crippen LogP) is 2.82. The van der Waals surface area contributed by atoms with Crippen molar-refractivity contribution in [3.63, 3.8) is 0 Å². The monoisotopic (exact) mass is 277 g/mol. The average Bonchev–Trinajstić information content (AvgIpc) is 2.79. The first-order chi connectivity index (χ1) is 9.67. The lowest BCUT2D eigenvalue weighted by molar-refractivity contribution is -0.147. The van der Waals surface area contributed by atoms with E-state index < -0.39 is 0 Å². The minimum absolute atomic E-state index is 0.212. The van der Waals surface area contributed by atoms with Crippen molar-refractivity contribution in [1.29, 1.82) is 0 Å². The van der Waals surface area contributed by atoms with E-state index in [1.807, 2.05) is 0 Å². The smallest absolute Gasteiger partial charge is 0.0686 e. The number of aryl methyl sites for hydroxylation is 2. The number of ether oxygens (including phenoxy) is 1. The summed E-state index contributed by atoms with van der Waals surface area (Å²) in [5.41, 5.74) is 2.67. The molecule has 2 aliphatic rings. The molecule has 0 bridgehead atoms. The topological polar surface area (TPSA) is 39.1 Å². The molecule has 0 amide bonds. The zero-order valence-corrected chi connectivity index (χ0v) is 13.0. The number of hydrogen-bond donors (Lipinski definition) is 1. The van der Waals surface area contributed by atoms with Gasteiger partial charge in [-0.15, -0.1) is 0 Å². The lowest BCUT2D eigenvalue weighted by Crippen LogP contribution is -2.48. The van der Waals surface area contributed by atoms with Gasteiger partial charge in [0.15, 0.2) is 0 Å². The van der Waals surface area contributed by atoms with Crippen molar-refractivity contribution in [1.82, 2.24) is 15.1 Å². The molecule has 1 saturated heterocycles. The molecule has 2 unspecified atom stereocenters. The highest BCUT2D eigenvalue weighted by molar-refractivity contribution is 5.15. The van der Waals surface area contributed by atoms with Gasteiger partial charge in [0.2, 0.25) is 0 Å². The maximum atomic E-state index is 6.07. The largest absolute Gasteiger partial charge is 0.375 e. The molecule has 1 aromatic heterocycles. The molecule has 0 radical (unpaired) electrons. The van der Waals surface area contributed by atoms with E-state index in [2.05, 4.69) is 42.1 Å². The highest BCUT2D eigenvalue weighted by Crippen LogP contribution is 2.47. The highest BCUT2D eigenvalue weighted by Gasteiger charge is 2.44. The van der Waals surface area contributed by atoms with Gasteiger partial charge in [0.05, 0.1) is 23.0 Å². The summed E-state index contributed by atoms with van der Waals surface area (Å²) in [6, 6.07) is 2.64. The third-order valence-electron chi connectivity index (χ3n) is 5.13. The van der Waals surface area contributed by atoms with Crippen molar-refractivity contribution < 1.29 is 4.74 Å². The number of hydrogen-bond acceptors (Lipinski definition) is 3. The van der Waals surface area contributed by atoms with Gasteiger partial charge in [0, 0.05) is 13.2 Å². The van der Waals surface area contributed by atoms with Crippen LogP contribution >= 0.6 is 0 Å². The SMILES string of the molecule is CCn1nc(C)cc1C(NC)C1CCOC2(CCC2)C1. The van der Waals surface area contributed by atoms with Crippen LogP contribution in [0.15, 0.2) is 6.07 Å². The second kappa shape index (κ2) is 5.49. The van der Waals surface area contributed by atoms with Crippen LogP contribution in [0, 0.1) is 12.8 Å². The summed E-state index contributed by atoms with van der Waals surface area (Å²) in [7, 11) is 2.08. The Morgan fingerprint density at radius 2 is 2.35 bits per heavy atom. The first-order valence-corrected chi connectivity index (χ1v) is 8.03. The molecule has 3 rings (SSSR count). The van der Waals surface area contributed by atoms with E-state index in [1.165, 1.54) is 31.4 Å². The number of nitrogens with one attached hydrogen (secondary N) is 1. The lowest BCUT2D eigenvalue weighted by Gasteiger charge is -2.48. The Balaban J connectivity index is 1.81. The highest BCUT2D eigenvalue weighted by atomic mass is 16.5. The molecule has 1 aliphatic carbocycles. The number of rotatable bonds is 4. The van der Waals surface area contributed by atoms with Gasteiger partial charge in [0.25, 0.3) is 0 Å². The van der Waals surface area contributed by atoms with Crippen molar-refractivity contribution in [3.05, 3.63) is 17.5 Å². The van der Waals surface area contributed by atoms with Gasteiger partial charge < -0.3 is 10.1 Å². The first-order valence-electron chi connectivity index (χ1n) is 8.03. The van der Waals surface area contributed by atoms with Gasteiger partial charge in [0.1, 0.15) is 0 Å². The van der Waals surface area contributed by atoms with Crippen LogP contribution in [0.3, 0.4) is 0 Å². The minimum Gasteiger partial charge on any atom is -0.375 e. The van der Waals surface area contributed by atoms with E-state index in [0.29, 0.717) is 12.0 Å². The standard InChI is InChI=1S/C16H27N3O/c1-4-19-14(10-12(2)18-19)15(17-3)13-6-9-20-16(11-13)7-5-8-16/h10,13,15,17H,4-9,11H2,1-3H3. The van der Waals surface area contributed by atoms with Crippen LogP contribution in [-0.2, 0) is 11.3 Å². The lowest BCUT2D eigenvalue weighted by atomic mass is 9.70. The van der Waals surface area contributed by atoms with Gasteiger partial charge in [-0.2, -0.15) is 5.10 Å². The first kappa shape index (κ1) is 14.1. The molecule has 4 heteroatoms. The Morgan fingerprint density at radius 3 is 2.95 bits per heavy atom. The third-order valence-corrected chi connectivity index (χ3v) is 5.13. The molecule has 2 fully saturated rings. The molecule has 112 valence electrons. The van der Waals surface area contributed by atoms with Crippen LogP contribution in [-0.4, -0.2) is 29.0 Å². The van der Waals surface area contributed by atoms with E-state index in [4.69, 9.17) is 4.74 Å². The fourth-order valence-electron chi connectivity index (χ4n) is 3.96. The zero-order valence-electron chi connectivity index (χ0n) is 13.0. The summed E-state index contributed by atoms with van der Waals surface area (Å²) >= 11 is 0. The maximum absolute atomic E-state index is 6.07. The fourth-order valence-corrected chi connectivity index (χ4v) is 3.96. The predicted molar refractivity (Wildman–Crippen MR) is 79.7 cm³/mol. The fraction of sp³-hybridized carbons (Fsp3) is 0.812. The molecule has 1 aliphatic heterocycles. The van der Waals surface area contributed by atoms with E-state index in [0.717, 1.165) is 25.3 Å². The molecule has 2 heterocycles. The van der Waals surface area contributed by atoms with Crippen LogP contribution in [0.5, 0.6) is 0 Å². The van der Waals surface area contributed by atoms with Crippen LogP contribution in [0.25, 0.3) is 0 Å². The molecule has 1 N–H and O–H groups in total.